The fraction of sp³-hybridized carbons (Fsp3) is 0.167. The molecular formula is C6H4N3OS. The minimum Gasteiger partial charge on any atom is -0.309 e. The van der Waals surface area contributed by atoms with Gasteiger partial charge in [-0.25, -0.2) is 9.97 Å². The van der Waals surface area contributed by atoms with Crippen LogP contribution in [0.3, 0.4) is 0 Å². The SMILES string of the molecule is Cc1nc2n[c]sc2c(=O)[nH]1. The van der Waals surface area contributed by atoms with Crippen molar-refractivity contribution in [3.8, 4) is 0 Å². The Morgan fingerprint density at radius 1 is 1.64 bits per heavy atom. The van der Waals surface area contributed by atoms with Crippen molar-refractivity contribution in [2.24, 2.45) is 0 Å². The predicted octanol–water partition coefficient (Wildman–Crippen LogP) is 0.488. The zero-order valence-corrected chi connectivity index (χ0v) is 6.53. The zero-order valence-electron chi connectivity index (χ0n) is 5.71. The highest BCUT2D eigenvalue weighted by molar-refractivity contribution is 7.16. The van der Waals surface area contributed by atoms with Crippen LogP contribution in [0.5, 0.6) is 0 Å². The largest absolute Gasteiger partial charge is 0.309 e. The summed E-state index contributed by atoms with van der Waals surface area (Å²) in [4.78, 5) is 21.5. The lowest BCUT2D eigenvalue weighted by molar-refractivity contribution is 1.05. The molecule has 0 bridgehead atoms. The topological polar surface area (TPSA) is 58.6 Å². The molecule has 0 aliphatic carbocycles. The Labute approximate surface area is 65.9 Å². The molecule has 2 rings (SSSR count). The maximum absolute atomic E-state index is 11.1. The van der Waals surface area contributed by atoms with Gasteiger partial charge < -0.3 is 4.98 Å². The van der Waals surface area contributed by atoms with Crippen LogP contribution in [0, 0.1) is 12.4 Å². The standard InChI is InChI=1S/C6H4N3OS/c1-3-8-5-4(6(10)9-3)11-2-7-5/h1H3,(H,8,9,10). The number of nitrogens with one attached hydrogen (secondary N) is 1. The van der Waals surface area contributed by atoms with E-state index in [1.807, 2.05) is 0 Å². The molecule has 1 radical (unpaired) electrons. The summed E-state index contributed by atoms with van der Waals surface area (Å²) in [5.74, 6) is 0.585. The molecule has 11 heavy (non-hydrogen) atoms. The molecule has 2 heterocycles. The van der Waals surface area contributed by atoms with Gasteiger partial charge in [0.05, 0.1) is 0 Å². The first kappa shape index (κ1) is 6.48. The molecule has 0 spiro atoms. The second kappa shape index (κ2) is 2.13. The minimum absolute atomic E-state index is 0.133. The van der Waals surface area contributed by atoms with Crippen molar-refractivity contribution in [2.45, 2.75) is 6.92 Å². The number of rotatable bonds is 0. The van der Waals surface area contributed by atoms with Crippen molar-refractivity contribution in [1.82, 2.24) is 15.0 Å². The molecule has 55 valence electrons. The van der Waals surface area contributed by atoms with Gasteiger partial charge in [0.2, 0.25) is 0 Å². The maximum Gasteiger partial charge on any atom is 0.270 e. The number of nitrogens with zero attached hydrogens (tertiary/aromatic N) is 2. The third kappa shape index (κ3) is 0.932. The average molecular weight is 166 g/mol. The second-order valence-corrected chi connectivity index (χ2v) is 2.90. The molecule has 2 aromatic rings. The van der Waals surface area contributed by atoms with E-state index in [1.54, 1.807) is 6.92 Å². The maximum atomic E-state index is 11.1. The van der Waals surface area contributed by atoms with E-state index in [0.717, 1.165) is 0 Å². The van der Waals surface area contributed by atoms with Gasteiger partial charge in [0.15, 0.2) is 11.2 Å². The molecule has 1 N–H and O–H groups in total. The van der Waals surface area contributed by atoms with Crippen LogP contribution < -0.4 is 5.56 Å². The fourth-order valence-corrected chi connectivity index (χ4v) is 1.39. The summed E-state index contributed by atoms with van der Waals surface area (Å²) < 4.78 is 0.538. The quantitative estimate of drug-likeness (QED) is 0.619. The van der Waals surface area contributed by atoms with Crippen LogP contribution in [0.15, 0.2) is 4.79 Å². The van der Waals surface area contributed by atoms with Crippen LogP contribution in [-0.4, -0.2) is 15.0 Å². The van der Waals surface area contributed by atoms with Crippen molar-refractivity contribution >= 4 is 21.7 Å². The van der Waals surface area contributed by atoms with Crippen LogP contribution in [0.2, 0.25) is 0 Å². The Balaban J connectivity index is 3.02. The van der Waals surface area contributed by atoms with Crippen molar-refractivity contribution in [3.05, 3.63) is 21.7 Å². The van der Waals surface area contributed by atoms with E-state index in [9.17, 15) is 4.79 Å². The zero-order chi connectivity index (χ0) is 7.84. The second-order valence-electron chi connectivity index (χ2n) is 2.11. The molecule has 0 atom stereocenters. The van der Waals surface area contributed by atoms with Crippen molar-refractivity contribution in [2.75, 3.05) is 0 Å². The normalized spacial score (nSPS) is 10.6. The Morgan fingerprint density at radius 3 is 3.27 bits per heavy atom. The first-order chi connectivity index (χ1) is 5.27. The molecule has 2 aromatic heterocycles. The molecule has 0 saturated carbocycles. The molecule has 0 unspecified atom stereocenters. The van der Waals surface area contributed by atoms with Gasteiger partial charge in [0, 0.05) is 0 Å². The number of aromatic amines is 1. The Morgan fingerprint density at radius 2 is 2.45 bits per heavy atom. The van der Waals surface area contributed by atoms with Crippen molar-refractivity contribution < 1.29 is 0 Å². The van der Waals surface area contributed by atoms with Crippen LogP contribution >= 0.6 is 11.3 Å². The third-order valence-corrected chi connectivity index (χ3v) is 2.03. The van der Waals surface area contributed by atoms with Crippen LogP contribution in [-0.2, 0) is 0 Å². The van der Waals surface area contributed by atoms with Crippen molar-refractivity contribution in [1.29, 1.82) is 0 Å². The number of aryl methyl sites for hydroxylation is 1. The number of H-pyrrole nitrogens is 1. The third-order valence-electron chi connectivity index (χ3n) is 1.28. The summed E-state index contributed by atoms with van der Waals surface area (Å²) in [6, 6.07) is 0. The lowest BCUT2D eigenvalue weighted by atomic mass is 10.5. The lowest BCUT2D eigenvalue weighted by Crippen LogP contribution is -2.07. The highest BCUT2D eigenvalue weighted by Gasteiger charge is 2.02. The molecule has 5 heteroatoms. The summed E-state index contributed by atoms with van der Waals surface area (Å²) in [5, 5.41) is 0. The molecule has 0 amide bonds. The van der Waals surface area contributed by atoms with Crippen LogP contribution in [0.1, 0.15) is 5.82 Å². The first-order valence-corrected chi connectivity index (χ1v) is 3.82. The van der Waals surface area contributed by atoms with Gasteiger partial charge in [0.1, 0.15) is 10.5 Å². The summed E-state index contributed by atoms with van der Waals surface area (Å²) >= 11 is 1.18. The lowest BCUT2D eigenvalue weighted by Gasteiger charge is -1.88. The molecule has 0 saturated heterocycles. The van der Waals surface area contributed by atoms with Gasteiger partial charge in [-0.3, -0.25) is 4.79 Å². The number of hydrogen-bond donors (Lipinski definition) is 1. The summed E-state index contributed by atoms with van der Waals surface area (Å²) in [7, 11) is 0. The van der Waals surface area contributed by atoms with E-state index >= 15 is 0 Å². The summed E-state index contributed by atoms with van der Waals surface area (Å²) in [6.45, 7) is 1.72. The number of thiazole rings is 1. The van der Waals surface area contributed by atoms with Crippen molar-refractivity contribution in [3.63, 3.8) is 0 Å². The van der Waals surface area contributed by atoms with E-state index in [-0.39, 0.29) is 5.56 Å². The van der Waals surface area contributed by atoms with E-state index in [1.165, 1.54) is 11.3 Å². The molecular weight excluding hydrogens is 162 g/mol. The van der Waals surface area contributed by atoms with Gasteiger partial charge in [0.25, 0.3) is 5.56 Å². The molecule has 0 fully saturated rings. The molecule has 0 aliphatic rings. The summed E-state index contributed by atoms with van der Waals surface area (Å²) in [6.07, 6.45) is 0. The Hall–Kier alpha value is -1.23. The van der Waals surface area contributed by atoms with E-state index < -0.39 is 0 Å². The van der Waals surface area contributed by atoms with E-state index in [4.69, 9.17) is 0 Å². The van der Waals surface area contributed by atoms with Gasteiger partial charge in [-0.2, -0.15) is 0 Å². The van der Waals surface area contributed by atoms with Gasteiger partial charge in [-0.15, -0.1) is 11.3 Å². The van der Waals surface area contributed by atoms with Gasteiger partial charge >= 0.3 is 0 Å². The molecule has 0 aliphatic heterocycles. The highest BCUT2D eigenvalue weighted by Crippen LogP contribution is 2.08. The van der Waals surface area contributed by atoms with Gasteiger partial charge in [-0.1, -0.05) is 0 Å². The Kier molecular flexibility index (Phi) is 1.25. The number of fused-ring (bicyclic) bond motifs is 1. The first-order valence-electron chi connectivity index (χ1n) is 3.01. The Bertz CT molecular complexity index is 444. The number of hydrogen-bond acceptors (Lipinski definition) is 4. The van der Waals surface area contributed by atoms with Crippen LogP contribution in [0.4, 0.5) is 0 Å². The average Bonchev–Trinajstić information content (AvgIpc) is 2.34. The molecule has 4 nitrogen and oxygen atoms in total. The summed E-state index contributed by atoms with van der Waals surface area (Å²) in [5.41, 5.74) is 2.96. The molecule has 0 aromatic carbocycles. The monoisotopic (exact) mass is 166 g/mol. The smallest absolute Gasteiger partial charge is 0.270 e. The van der Waals surface area contributed by atoms with E-state index in [0.29, 0.717) is 16.2 Å². The predicted molar refractivity (Wildman–Crippen MR) is 41.6 cm³/mol. The number of aromatic nitrogens is 3. The minimum atomic E-state index is -0.133. The highest BCUT2D eigenvalue weighted by atomic mass is 32.1. The fourth-order valence-electron chi connectivity index (χ4n) is 0.840. The van der Waals surface area contributed by atoms with E-state index in [2.05, 4.69) is 20.5 Å². The van der Waals surface area contributed by atoms with Gasteiger partial charge in [-0.05, 0) is 6.92 Å². The van der Waals surface area contributed by atoms with Crippen LogP contribution in [0.25, 0.3) is 10.3 Å².